The number of carbonyl (C=O) groups excluding carboxylic acids is 1. The summed E-state index contributed by atoms with van der Waals surface area (Å²) in [6.45, 7) is 0.521. The minimum Gasteiger partial charge on any atom is -0.465 e. The SMILES string of the molecule is COC(=O)c1c(CN)cc2cc3ccccc3cc2c1CN. The number of fused-ring (bicyclic) bond motifs is 2. The van der Waals surface area contributed by atoms with Crippen LogP contribution in [0.1, 0.15) is 21.5 Å². The van der Waals surface area contributed by atoms with Crippen LogP contribution in [0.4, 0.5) is 0 Å². The molecule has 0 saturated carbocycles. The molecule has 3 aromatic carbocycles. The molecule has 0 aliphatic rings. The van der Waals surface area contributed by atoms with Crippen molar-refractivity contribution in [2.24, 2.45) is 11.5 Å². The summed E-state index contributed by atoms with van der Waals surface area (Å²) >= 11 is 0. The van der Waals surface area contributed by atoms with E-state index < -0.39 is 5.97 Å². The summed E-state index contributed by atoms with van der Waals surface area (Å²) in [5.41, 5.74) is 13.8. The van der Waals surface area contributed by atoms with Crippen molar-refractivity contribution in [3.8, 4) is 0 Å². The number of carbonyl (C=O) groups is 1. The van der Waals surface area contributed by atoms with Crippen molar-refractivity contribution in [3.05, 3.63) is 59.2 Å². The zero-order valence-electron chi connectivity index (χ0n) is 12.4. The Morgan fingerprint density at radius 3 is 2.27 bits per heavy atom. The van der Waals surface area contributed by atoms with E-state index in [9.17, 15) is 4.79 Å². The van der Waals surface area contributed by atoms with E-state index in [1.165, 1.54) is 7.11 Å². The van der Waals surface area contributed by atoms with E-state index in [-0.39, 0.29) is 13.1 Å². The van der Waals surface area contributed by atoms with Crippen molar-refractivity contribution >= 4 is 27.5 Å². The van der Waals surface area contributed by atoms with Gasteiger partial charge in [0.2, 0.25) is 0 Å². The number of esters is 1. The van der Waals surface area contributed by atoms with Gasteiger partial charge in [-0.2, -0.15) is 0 Å². The Kier molecular flexibility index (Phi) is 3.79. The first kappa shape index (κ1) is 14.5. The predicted octanol–water partition coefficient (Wildman–Crippen LogP) is 2.70. The fourth-order valence-electron chi connectivity index (χ4n) is 2.96. The highest BCUT2D eigenvalue weighted by Crippen LogP contribution is 2.30. The van der Waals surface area contributed by atoms with E-state index >= 15 is 0 Å². The van der Waals surface area contributed by atoms with Gasteiger partial charge in [0.05, 0.1) is 12.7 Å². The molecule has 0 aliphatic heterocycles. The molecule has 0 aliphatic carbocycles. The summed E-state index contributed by atoms with van der Waals surface area (Å²) in [6, 6.07) is 14.2. The normalized spacial score (nSPS) is 11.0. The number of hydrogen-bond acceptors (Lipinski definition) is 4. The van der Waals surface area contributed by atoms with Crippen LogP contribution in [0.3, 0.4) is 0 Å². The third-order valence-corrected chi connectivity index (χ3v) is 4.01. The Bertz CT molecular complexity index is 872. The topological polar surface area (TPSA) is 78.3 Å². The summed E-state index contributed by atoms with van der Waals surface area (Å²) in [7, 11) is 1.37. The van der Waals surface area contributed by atoms with Crippen LogP contribution in [0.5, 0.6) is 0 Å². The van der Waals surface area contributed by atoms with Crippen molar-refractivity contribution in [1.82, 2.24) is 0 Å². The van der Waals surface area contributed by atoms with Gasteiger partial charge in [0.1, 0.15) is 0 Å². The first-order valence-electron chi connectivity index (χ1n) is 7.15. The third-order valence-electron chi connectivity index (χ3n) is 4.01. The minimum absolute atomic E-state index is 0.257. The van der Waals surface area contributed by atoms with Crippen LogP contribution in [-0.4, -0.2) is 13.1 Å². The zero-order valence-corrected chi connectivity index (χ0v) is 12.4. The highest BCUT2D eigenvalue weighted by molar-refractivity contribution is 6.05. The molecule has 4 heteroatoms. The second kappa shape index (κ2) is 5.75. The lowest BCUT2D eigenvalue weighted by molar-refractivity contribution is 0.0598. The molecule has 0 amide bonds. The molecule has 0 spiro atoms. The summed E-state index contributed by atoms with van der Waals surface area (Å²) in [4.78, 5) is 12.1. The molecule has 0 atom stereocenters. The fraction of sp³-hybridized carbons (Fsp3) is 0.167. The van der Waals surface area contributed by atoms with Gasteiger partial charge in [0.15, 0.2) is 0 Å². The van der Waals surface area contributed by atoms with E-state index in [1.807, 2.05) is 24.3 Å². The van der Waals surface area contributed by atoms with Crippen molar-refractivity contribution in [2.75, 3.05) is 7.11 Å². The zero-order chi connectivity index (χ0) is 15.7. The Morgan fingerprint density at radius 2 is 1.68 bits per heavy atom. The van der Waals surface area contributed by atoms with Crippen molar-refractivity contribution in [2.45, 2.75) is 13.1 Å². The average molecular weight is 294 g/mol. The van der Waals surface area contributed by atoms with Gasteiger partial charge in [-0.15, -0.1) is 0 Å². The Morgan fingerprint density at radius 1 is 1.00 bits per heavy atom. The number of hydrogen-bond donors (Lipinski definition) is 2. The first-order valence-corrected chi connectivity index (χ1v) is 7.15. The van der Waals surface area contributed by atoms with E-state index in [0.29, 0.717) is 5.56 Å². The molecule has 0 aromatic heterocycles. The van der Waals surface area contributed by atoms with Crippen LogP contribution < -0.4 is 11.5 Å². The Labute approximate surface area is 128 Å². The molecule has 0 fully saturated rings. The second-order valence-electron chi connectivity index (χ2n) is 5.21. The van der Waals surface area contributed by atoms with Gasteiger partial charge < -0.3 is 16.2 Å². The van der Waals surface area contributed by atoms with Crippen molar-refractivity contribution < 1.29 is 9.53 Å². The lowest BCUT2D eigenvalue weighted by Gasteiger charge is -2.15. The minimum atomic E-state index is -0.393. The summed E-state index contributed by atoms with van der Waals surface area (Å²) in [6.07, 6.45) is 0. The molecule has 3 aromatic rings. The molecule has 0 bridgehead atoms. The maximum atomic E-state index is 12.1. The molecule has 0 radical (unpaired) electrons. The lowest BCUT2D eigenvalue weighted by Crippen LogP contribution is -2.15. The number of ether oxygens (including phenoxy) is 1. The maximum Gasteiger partial charge on any atom is 0.338 e. The smallest absolute Gasteiger partial charge is 0.338 e. The molecule has 0 saturated heterocycles. The first-order chi connectivity index (χ1) is 10.7. The van der Waals surface area contributed by atoms with Gasteiger partial charge in [0.25, 0.3) is 0 Å². The van der Waals surface area contributed by atoms with Crippen LogP contribution >= 0.6 is 0 Å². The maximum absolute atomic E-state index is 12.1. The molecular weight excluding hydrogens is 276 g/mol. The molecule has 4 N–H and O–H groups in total. The van der Waals surface area contributed by atoms with Crippen molar-refractivity contribution in [1.29, 1.82) is 0 Å². The van der Waals surface area contributed by atoms with Gasteiger partial charge in [-0.3, -0.25) is 0 Å². The van der Waals surface area contributed by atoms with E-state index in [2.05, 4.69) is 18.2 Å². The van der Waals surface area contributed by atoms with E-state index in [0.717, 1.165) is 32.7 Å². The highest BCUT2D eigenvalue weighted by Gasteiger charge is 2.19. The van der Waals surface area contributed by atoms with Gasteiger partial charge in [-0.1, -0.05) is 24.3 Å². The van der Waals surface area contributed by atoms with Crippen molar-refractivity contribution in [3.63, 3.8) is 0 Å². The van der Waals surface area contributed by atoms with Crippen LogP contribution in [0.25, 0.3) is 21.5 Å². The monoisotopic (exact) mass is 294 g/mol. The molecule has 3 rings (SSSR count). The van der Waals surface area contributed by atoms with Crippen LogP contribution in [-0.2, 0) is 17.8 Å². The molecular formula is C18H18N2O2. The van der Waals surface area contributed by atoms with Gasteiger partial charge in [0, 0.05) is 13.1 Å². The van der Waals surface area contributed by atoms with Gasteiger partial charge >= 0.3 is 5.97 Å². The molecule has 112 valence electrons. The Hall–Kier alpha value is -2.43. The van der Waals surface area contributed by atoms with E-state index in [1.54, 1.807) is 0 Å². The number of methoxy groups -OCH3 is 1. The summed E-state index contributed by atoms with van der Waals surface area (Å²) < 4.78 is 4.91. The number of rotatable bonds is 3. The molecule has 0 heterocycles. The lowest BCUT2D eigenvalue weighted by atomic mass is 9.92. The quantitative estimate of drug-likeness (QED) is 0.575. The van der Waals surface area contributed by atoms with Crippen LogP contribution in [0, 0.1) is 0 Å². The third kappa shape index (κ3) is 2.22. The van der Waals surface area contributed by atoms with Gasteiger partial charge in [-0.25, -0.2) is 4.79 Å². The predicted molar refractivity (Wildman–Crippen MR) is 88.6 cm³/mol. The Balaban J connectivity index is 2.44. The standard InChI is InChI=1S/C18H18N2O2/c1-22-18(21)17-14(9-19)7-13-6-11-4-2-3-5-12(11)8-15(13)16(17)10-20/h2-8H,9-10,19-20H2,1H3. The number of nitrogens with two attached hydrogens (primary N) is 2. The van der Waals surface area contributed by atoms with Gasteiger partial charge in [-0.05, 0) is 50.9 Å². The molecule has 4 nitrogen and oxygen atoms in total. The van der Waals surface area contributed by atoms with E-state index in [4.69, 9.17) is 16.2 Å². The number of benzene rings is 3. The average Bonchev–Trinajstić information content (AvgIpc) is 2.57. The van der Waals surface area contributed by atoms with Crippen LogP contribution in [0.15, 0.2) is 42.5 Å². The highest BCUT2D eigenvalue weighted by atomic mass is 16.5. The largest absolute Gasteiger partial charge is 0.465 e. The summed E-state index contributed by atoms with van der Waals surface area (Å²) in [5.74, 6) is -0.393. The second-order valence-corrected chi connectivity index (χ2v) is 5.21. The van der Waals surface area contributed by atoms with Crippen LogP contribution in [0.2, 0.25) is 0 Å². The molecule has 22 heavy (non-hydrogen) atoms. The fourth-order valence-corrected chi connectivity index (χ4v) is 2.96. The summed E-state index contributed by atoms with van der Waals surface area (Å²) in [5, 5.41) is 4.26. The molecule has 0 unspecified atom stereocenters.